The Balaban J connectivity index is 1.78. The summed E-state index contributed by atoms with van der Waals surface area (Å²) in [6.07, 6.45) is 1.36. The lowest BCUT2D eigenvalue weighted by molar-refractivity contribution is 0.217. The lowest BCUT2D eigenvalue weighted by Crippen LogP contribution is -2.09. The highest BCUT2D eigenvalue weighted by molar-refractivity contribution is 5.79. The molecule has 1 N–H and O–H groups in total. The van der Waals surface area contributed by atoms with Crippen molar-refractivity contribution in [3.8, 4) is 11.5 Å². The zero-order valence-electron chi connectivity index (χ0n) is 11.3. The summed E-state index contributed by atoms with van der Waals surface area (Å²) >= 11 is 0. The Morgan fingerprint density at radius 2 is 1.70 bits per heavy atom. The first kappa shape index (κ1) is 13.9. The van der Waals surface area contributed by atoms with Crippen LogP contribution in [0.25, 0.3) is 0 Å². The second-order valence-corrected chi connectivity index (χ2v) is 4.33. The molecule has 0 amide bonds. The molecule has 0 heterocycles. The summed E-state index contributed by atoms with van der Waals surface area (Å²) in [7, 11) is 0. The molecule has 0 unspecified atom stereocenters. The third-order valence-electron chi connectivity index (χ3n) is 2.71. The maximum atomic E-state index is 8.48. The highest BCUT2D eigenvalue weighted by Crippen LogP contribution is 2.13. The minimum atomic E-state index is 0.452. The van der Waals surface area contributed by atoms with Gasteiger partial charge in [-0.25, -0.2) is 0 Å². The third-order valence-corrected chi connectivity index (χ3v) is 2.71. The van der Waals surface area contributed by atoms with Crippen molar-refractivity contribution in [1.82, 2.24) is 0 Å². The fourth-order valence-electron chi connectivity index (χ4n) is 1.70. The Labute approximate surface area is 118 Å². The first-order valence-electron chi connectivity index (χ1n) is 6.38. The first-order chi connectivity index (χ1) is 9.78. The monoisotopic (exact) mass is 271 g/mol. The average Bonchev–Trinajstić information content (AvgIpc) is 2.46. The highest BCUT2D eigenvalue weighted by Gasteiger charge is 1.97. The molecule has 2 rings (SSSR count). The van der Waals surface area contributed by atoms with Crippen molar-refractivity contribution in [2.24, 2.45) is 5.16 Å². The van der Waals surface area contributed by atoms with E-state index in [1.165, 1.54) is 11.8 Å². The van der Waals surface area contributed by atoms with Crippen LogP contribution in [-0.4, -0.2) is 24.6 Å². The van der Waals surface area contributed by atoms with E-state index >= 15 is 0 Å². The molecule has 0 saturated carbocycles. The number of nitrogens with zero attached hydrogens (tertiary/aromatic N) is 1. The fraction of sp³-hybridized carbons (Fsp3) is 0.188. The van der Waals surface area contributed by atoms with Gasteiger partial charge in [-0.3, -0.25) is 0 Å². The molecule has 20 heavy (non-hydrogen) atoms. The summed E-state index contributed by atoms with van der Waals surface area (Å²) in [6, 6.07) is 15.2. The van der Waals surface area contributed by atoms with Crippen LogP contribution in [0.2, 0.25) is 0 Å². The molecule has 104 valence electrons. The minimum absolute atomic E-state index is 0.452. The van der Waals surface area contributed by atoms with E-state index in [9.17, 15) is 0 Å². The van der Waals surface area contributed by atoms with Crippen molar-refractivity contribution in [3.63, 3.8) is 0 Å². The fourth-order valence-corrected chi connectivity index (χ4v) is 1.70. The second-order valence-electron chi connectivity index (χ2n) is 4.33. The van der Waals surface area contributed by atoms with Gasteiger partial charge in [-0.2, -0.15) is 0 Å². The molecule has 0 aliphatic carbocycles. The largest absolute Gasteiger partial charge is 0.490 e. The van der Waals surface area contributed by atoms with E-state index in [-0.39, 0.29) is 0 Å². The number of hydrogen-bond acceptors (Lipinski definition) is 4. The molecule has 0 aliphatic heterocycles. The van der Waals surface area contributed by atoms with Gasteiger partial charge in [-0.15, -0.1) is 0 Å². The normalized spacial score (nSPS) is 10.7. The number of oxime groups is 1. The Morgan fingerprint density at radius 1 is 1.00 bits per heavy atom. The predicted octanol–water partition coefficient (Wildman–Crippen LogP) is 3.26. The van der Waals surface area contributed by atoms with Crippen molar-refractivity contribution in [3.05, 3.63) is 59.7 Å². The number of hydrogen-bond donors (Lipinski definition) is 1. The van der Waals surface area contributed by atoms with Crippen LogP contribution in [0.4, 0.5) is 0 Å². The van der Waals surface area contributed by atoms with Gasteiger partial charge in [0, 0.05) is 0 Å². The van der Waals surface area contributed by atoms with Crippen molar-refractivity contribution in [2.75, 3.05) is 13.2 Å². The molecule has 2 aromatic carbocycles. The minimum Gasteiger partial charge on any atom is -0.490 e. The van der Waals surface area contributed by atoms with E-state index in [1.54, 1.807) is 6.07 Å². The molecule has 4 heteroatoms. The van der Waals surface area contributed by atoms with Gasteiger partial charge in [0.25, 0.3) is 0 Å². The van der Waals surface area contributed by atoms with Crippen LogP contribution in [0.5, 0.6) is 11.5 Å². The average molecular weight is 271 g/mol. The lowest BCUT2D eigenvalue weighted by atomic mass is 10.2. The molecule has 0 fully saturated rings. The highest BCUT2D eigenvalue weighted by atomic mass is 16.5. The van der Waals surface area contributed by atoms with Crippen molar-refractivity contribution in [1.29, 1.82) is 0 Å². The molecule has 4 nitrogen and oxygen atoms in total. The summed E-state index contributed by atoms with van der Waals surface area (Å²) in [5.41, 5.74) is 1.99. The quantitative estimate of drug-likeness (QED) is 0.380. The van der Waals surface area contributed by atoms with E-state index < -0.39 is 0 Å². The molecule has 0 radical (unpaired) electrons. The molecule has 0 aromatic heterocycles. The third kappa shape index (κ3) is 4.31. The standard InChI is InChI=1S/C16H17NO3/c1-13-5-7-15(8-6-13)19-9-10-20-16-4-2-3-14(11-16)12-17-18/h2-8,11-12,18H,9-10H2,1H3. The molecule has 0 spiro atoms. The molecule has 0 bridgehead atoms. The Kier molecular flexibility index (Phi) is 5.00. The predicted molar refractivity (Wildman–Crippen MR) is 78.0 cm³/mol. The van der Waals surface area contributed by atoms with Crippen LogP contribution in [0.1, 0.15) is 11.1 Å². The van der Waals surface area contributed by atoms with E-state index in [1.807, 2.05) is 49.4 Å². The van der Waals surface area contributed by atoms with E-state index in [4.69, 9.17) is 14.7 Å². The van der Waals surface area contributed by atoms with Crippen LogP contribution >= 0.6 is 0 Å². The van der Waals surface area contributed by atoms with Crippen LogP contribution in [0.3, 0.4) is 0 Å². The first-order valence-corrected chi connectivity index (χ1v) is 6.38. The van der Waals surface area contributed by atoms with Gasteiger partial charge < -0.3 is 14.7 Å². The number of benzene rings is 2. The summed E-state index contributed by atoms with van der Waals surface area (Å²) in [6.45, 7) is 2.96. The summed E-state index contributed by atoms with van der Waals surface area (Å²) in [5.74, 6) is 1.55. The lowest BCUT2D eigenvalue weighted by Gasteiger charge is -2.09. The van der Waals surface area contributed by atoms with Crippen molar-refractivity contribution < 1.29 is 14.7 Å². The Bertz CT molecular complexity index is 564. The SMILES string of the molecule is Cc1ccc(OCCOc2cccc(C=NO)c2)cc1. The van der Waals surface area contributed by atoms with Crippen LogP contribution in [0, 0.1) is 6.92 Å². The topological polar surface area (TPSA) is 51.0 Å². The number of rotatable bonds is 6. The van der Waals surface area contributed by atoms with Gasteiger partial charge in [0.15, 0.2) is 0 Å². The molecular weight excluding hydrogens is 254 g/mol. The number of ether oxygens (including phenoxy) is 2. The molecular formula is C16H17NO3. The van der Waals surface area contributed by atoms with Gasteiger partial charge in [-0.1, -0.05) is 35.0 Å². The molecule has 2 aromatic rings. The zero-order chi connectivity index (χ0) is 14.2. The van der Waals surface area contributed by atoms with Gasteiger partial charge in [0.1, 0.15) is 24.7 Å². The molecule has 0 atom stereocenters. The zero-order valence-corrected chi connectivity index (χ0v) is 11.3. The van der Waals surface area contributed by atoms with Gasteiger partial charge >= 0.3 is 0 Å². The van der Waals surface area contributed by atoms with Gasteiger partial charge in [-0.05, 0) is 36.8 Å². The van der Waals surface area contributed by atoms with E-state index in [0.29, 0.717) is 13.2 Å². The van der Waals surface area contributed by atoms with Crippen LogP contribution in [0.15, 0.2) is 53.7 Å². The molecule has 0 aliphatic rings. The van der Waals surface area contributed by atoms with E-state index in [2.05, 4.69) is 5.16 Å². The summed E-state index contributed by atoms with van der Waals surface area (Å²) in [5, 5.41) is 11.5. The maximum Gasteiger partial charge on any atom is 0.122 e. The van der Waals surface area contributed by atoms with Crippen LogP contribution in [-0.2, 0) is 0 Å². The van der Waals surface area contributed by atoms with Gasteiger partial charge in [0.2, 0.25) is 0 Å². The Hall–Kier alpha value is -2.49. The van der Waals surface area contributed by atoms with E-state index in [0.717, 1.165) is 17.1 Å². The second kappa shape index (κ2) is 7.19. The van der Waals surface area contributed by atoms with Gasteiger partial charge in [0.05, 0.1) is 6.21 Å². The molecule has 0 saturated heterocycles. The number of aryl methyl sites for hydroxylation is 1. The summed E-state index contributed by atoms with van der Waals surface area (Å²) < 4.78 is 11.1. The van der Waals surface area contributed by atoms with Crippen LogP contribution < -0.4 is 9.47 Å². The van der Waals surface area contributed by atoms with Crippen molar-refractivity contribution >= 4 is 6.21 Å². The maximum absolute atomic E-state index is 8.48. The smallest absolute Gasteiger partial charge is 0.122 e. The Morgan fingerprint density at radius 3 is 2.40 bits per heavy atom. The summed E-state index contributed by atoms with van der Waals surface area (Å²) in [4.78, 5) is 0. The van der Waals surface area contributed by atoms with Crippen molar-refractivity contribution in [2.45, 2.75) is 6.92 Å².